The van der Waals surface area contributed by atoms with Gasteiger partial charge in [-0.25, -0.2) is 0 Å². The molecule has 1 atom stereocenters. The van der Waals surface area contributed by atoms with Crippen molar-refractivity contribution in [2.75, 3.05) is 13.7 Å². The van der Waals surface area contributed by atoms with Crippen LogP contribution in [0, 0.1) is 0 Å². The highest BCUT2D eigenvalue weighted by atomic mass is 16.5. The van der Waals surface area contributed by atoms with Crippen LogP contribution in [0.15, 0.2) is 18.2 Å². The zero-order valence-electron chi connectivity index (χ0n) is 12.0. The highest BCUT2D eigenvalue weighted by molar-refractivity contribution is 5.76. The molecule has 0 aromatic heterocycles. The molecule has 1 aliphatic rings. The molecule has 1 saturated carbocycles. The third kappa shape index (κ3) is 4.13. The zero-order valence-corrected chi connectivity index (χ0v) is 12.0. The summed E-state index contributed by atoms with van der Waals surface area (Å²) in [7, 11) is 1.59. The molecule has 5 nitrogen and oxygen atoms in total. The average molecular weight is 278 g/mol. The number of ether oxygens (including phenoxy) is 1. The van der Waals surface area contributed by atoms with Crippen molar-refractivity contribution in [1.82, 2.24) is 10.6 Å². The minimum Gasteiger partial charge on any atom is -0.508 e. The van der Waals surface area contributed by atoms with Crippen LogP contribution >= 0.6 is 0 Å². The normalized spacial score (nSPS) is 15.7. The summed E-state index contributed by atoms with van der Waals surface area (Å²) in [4.78, 5) is 11.6. The number of nitrogens with one attached hydrogen (secondary N) is 2. The first-order valence-electron chi connectivity index (χ1n) is 7.00. The Labute approximate surface area is 119 Å². The Morgan fingerprint density at radius 2 is 2.25 bits per heavy atom. The number of hydrogen-bond donors (Lipinski definition) is 3. The second-order valence-corrected chi connectivity index (χ2v) is 5.19. The Hall–Kier alpha value is -1.75. The fourth-order valence-corrected chi connectivity index (χ4v) is 2.05. The number of benzene rings is 1. The van der Waals surface area contributed by atoms with Gasteiger partial charge in [0, 0.05) is 30.6 Å². The van der Waals surface area contributed by atoms with Gasteiger partial charge in [0.15, 0.2) is 0 Å². The fraction of sp³-hybridized carbons (Fsp3) is 0.533. The van der Waals surface area contributed by atoms with Crippen molar-refractivity contribution in [1.29, 1.82) is 0 Å². The maximum absolute atomic E-state index is 11.6. The summed E-state index contributed by atoms with van der Waals surface area (Å²) in [5.74, 6) is 1.02. The van der Waals surface area contributed by atoms with Crippen molar-refractivity contribution in [3.8, 4) is 11.5 Å². The third-order valence-corrected chi connectivity index (χ3v) is 3.45. The molecule has 110 valence electrons. The van der Waals surface area contributed by atoms with Crippen LogP contribution in [0.2, 0.25) is 0 Å². The summed E-state index contributed by atoms with van der Waals surface area (Å²) < 4.78 is 5.15. The van der Waals surface area contributed by atoms with Gasteiger partial charge in [0.1, 0.15) is 11.5 Å². The van der Waals surface area contributed by atoms with E-state index < -0.39 is 0 Å². The quantitative estimate of drug-likeness (QED) is 0.710. The van der Waals surface area contributed by atoms with E-state index in [9.17, 15) is 9.90 Å². The molecule has 1 fully saturated rings. The van der Waals surface area contributed by atoms with E-state index in [1.54, 1.807) is 25.3 Å². The highest BCUT2D eigenvalue weighted by Crippen LogP contribution is 2.28. The van der Waals surface area contributed by atoms with Crippen molar-refractivity contribution in [3.63, 3.8) is 0 Å². The standard InChI is InChI=1S/C15H22N2O3/c1-10(13-9-12(20-2)5-6-14(13)18)16-8-7-15(19)17-11-3-4-11/h5-6,9-11,16,18H,3-4,7-8H2,1-2H3,(H,17,19). The number of amides is 1. The molecule has 0 bridgehead atoms. The van der Waals surface area contributed by atoms with Crippen LogP contribution in [-0.4, -0.2) is 30.7 Å². The maximum atomic E-state index is 11.6. The summed E-state index contributed by atoms with van der Waals surface area (Å²) in [6, 6.07) is 5.50. The monoisotopic (exact) mass is 278 g/mol. The first kappa shape index (κ1) is 14.7. The van der Waals surface area contributed by atoms with Gasteiger partial charge >= 0.3 is 0 Å². The third-order valence-electron chi connectivity index (χ3n) is 3.45. The van der Waals surface area contributed by atoms with Gasteiger partial charge in [-0.3, -0.25) is 4.79 Å². The maximum Gasteiger partial charge on any atom is 0.221 e. The molecular formula is C15H22N2O3. The summed E-state index contributed by atoms with van der Waals surface area (Å²) in [5, 5.41) is 16.0. The summed E-state index contributed by atoms with van der Waals surface area (Å²) in [5.41, 5.74) is 0.770. The molecule has 1 amide bonds. The predicted molar refractivity (Wildman–Crippen MR) is 76.9 cm³/mol. The van der Waals surface area contributed by atoms with Gasteiger partial charge in [-0.2, -0.15) is 0 Å². The van der Waals surface area contributed by atoms with Crippen molar-refractivity contribution in [2.24, 2.45) is 0 Å². The molecule has 1 aromatic carbocycles. The highest BCUT2D eigenvalue weighted by Gasteiger charge is 2.22. The summed E-state index contributed by atoms with van der Waals surface area (Å²) in [6.45, 7) is 2.53. The Morgan fingerprint density at radius 3 is 2.90 bits per heavy atom. The minimum atomic E-state index is -0.0428. The number of carbonyl (C=O) groups is 1. The SMILES string of the molecule is COc1ccc(O)c(C(C)NCCC(=O)NC2CC2)c1. The van der Waals surface area contributed by atoms with E-state index in [0.717, 1.165) is 18.4 Å². The van der Waals surface area contributed by atoms with Crippen molar-refractivity contribution in [3.05, 3.63) is 23.8 Å². The number of hydrogen-bond acceptors (Lipinski definition) is 4. The molecule has 0 radical (unpaired) electrons. The Morgan fingerprint density at radius 1 is 1.50 bits per heavy atom. The van der Waals surface area contributed by atoms with Gasteiger partial charge < -0.3 is 20.5 Å². The van der Waals surface area contributed by atoms with Gasteiger partial charge in [-0.15, -0.1) is 0 Å². The van der Waals surface area contributed by atoms with E-state index in [-0.39, 0.29) is 17.7 Å². The number of phenolic OH excluding ortho intramolecular Hbond substituents is 1. The van der Waals surface area contributed by atoms with Crippen LogP contribution in [0.1, 0.15) is 37.8 Å². The van der Waals surface area contributed by atoms with Gasteiger partial charge in [0.05, 0.1) is 7.11 Å². The lowest BCUT2D eigenvalue weighted by Crippen LogP contribution is -2.30. The molecule has 1 aliphatic carbocycles. The van der Waals surface area contributed by atoms with E-state index >= 15 is 0 Å². The lowest BCUT2D eigenvalue weighted by molar-refractivity contribution is -0.121. The van der Waals surface area contributed by atoms with Crippen LogP contribution in [0.5, 0.6) is 11.5 Å². The molecule has 3 N–H and O–H groups in total. The number of rotatable bonds is 7. The largest absolute Gasteiger partial charge is 0.508 e. The Balaban J connectivity index is 1.81. The molecule has 0 saturated heterocycles. The molecule has 20 heavy (non-hydrogen) atoms. The van der Waals surface area contributed by atoms with Crippen LogP contribution in [0.4, 0.5) is 0 Å². The molecular weight excluding hydrogens is 256 g/mol. The van der Waals surface area contributed by atoms with E-state index in [2.05, 4.69) is 10.6 Å². The van der Waals surface area contributed by atoms with E-state index in [0.29, 0.717) is 24.8 Å². The average Bonchev–Trinajstić information content (AvgIpc) is 3.23. The van der Waals surface area contributed by atoms with Crippen LogP contribution < -0.4 is 15.4 Å². The van der Waals surface area contributed by atoms with Gasteiger partial charge in [0.2, 0.25) is 5.91 Å². The van der Waals surface area contributed by atoms with E-state index in [4.69, 9.17) is 4.74 Å². The number of phenols is 1. The molecule has 0 spiro atoms. The lowest BCUT2D eigenvalue weighted by Gasteiger charge is -2.16. The van der Waals surface area contributed by atoms with E-state index in [1.807, 2.05) is 6.92 Å². The minimum absolute atomic E-state index is 0.0428. The second-order valence-electron chi connectivity index (χ2n) is 5.19. The summed E-state index contributed by atoms with van der Waals surface area (Å²) in [6.07, 6.45) is 2.66. The first-order valence-corrected chi connectivity index (χ1v) is 7.00. The van der Waals surface area contributed by atoms with Crippen molar-refractivity contribution in [2.45, 2.75) is 38.3 Å². The molecule has 1 aromatic rings. The second kappa shape index (κ2) is 6.61. The van der Waals surface area contributed by atoms with Gasteiger partial charge in [-0.05, 0) is 38.0 Å². The number of methoxy groups -OCH3 is 1. The number of aromatic hydroxyl groups is 1. The van der Waals surface area contributed by atoms with Crippen LogP contribution in [-0.2, 0) is 4.79 Å². The topological polar surface area (TPSA) is 70.6 Å². The Bertz CT molecular complexity index is 472. The molecule has 5 heteroatoms. The smallest absolute Gasteiger partial charge is 0.221 e. The lowest BCUT2D eigenvalue weighted by atomic mass is 10.1. The molecule has 0 aliphatic heterocycles. The molecule has 2 rings (SSSR count). The first-order chi connectivity index (χ1) is 9.60. The predicted octanol–water partition coefficient (Wildman–Crippen LogP) is 1.72. The number of carbonyl (C=O) groups excluding carboxylic acids is 1. The molecule has 1 unspecified atom stereocenters. The Kier molecular flexibility index (Phi) is 4.84. The van der Waals surface area contributed by atoms with E-state index in [1.165, 1.54) is 0 Å². The molecule has 0 heterocycles. The van der Waals surface area contributed by atoms with Crippen LogP contribution in [0.25, 0.3) is 0 Å². The summed E-state index contributed by atoms with van der Waals surface area (Å²) >= 11 is 0. The fourth-order valence-electron chi connectivity index (χ4n) is 2.05. The van der Waals surface area contributed by atoms with Gasteiger partial charge in [-0.1, -0.05) is 0 Å². The van der Waals surface area contributed by atoms with Crippen molar-refractivity contribution >= 4 is 5.91 Å². The van der Waals surface area contributed by atoms with Crippen molar-refractivity contribution < 1.29 is 14.6 Å². The van der Waals surface area contributed by atoms with Crippen LogP contribution in [0.3, 0.4) is 0 Å². The van der Waals surface area contributed by atoms with Gasteiger partial charge in [0.25, 0.3) is 0 Å². The zero-order chi connectivity index (χ0) is 14.5.